The zero-order chi connectivity index (χ0) is 16.9. The first-order chi connectivity index (χ1) is 10.8. The highest BCUT2D eigenvalue weighted by atomic mass is 32.2. The Morgan fingerprint density at radius 1 is 1.30 bits per heavy atom. The van der Waals surface area contributed by atoms with Crippen LogP contribution in [0.2, 0.25) is 0 Å². The van der Waals surface area contributed by atoms with Crippen LogP contribution in [0.4, 0.5) is 13.2 Å². The van der Waals surface area contributed by atoms with E-state index in [0.29, 0.717) is 11.1 Å². The van der Waals surface area contributed by atoms with E-state index in [4.69, 9.17) is 0 Å². The van der Waals surface area contributed by atoms with Crippen LogP contribution in [0.5, 0.6) is 0 Å². The lowest BCUT2D eigenvalue weighted by atomic mass is 10.2. The number of rotatable bonds is 4. The van der Waals surface area contributed by atoms with Gasteiger partial charge in [-0.05, 0) is 31.4 Å². The average Bonchev–Trinajstić information content (AvgIpc) is 2.96. The van der Waals surface area contributed by atoms with Crippen LogP contribution in [0.15, 0.2) is 49.1 Å². The van der Waals surface area contributed by atoms with Gasteiger partial charge in [0.05, 0.1) is 0 Å². The highest BCUT2D eigenvalue weighted by Gasteiger charge is 2.35. The summed E-state index contributed by atoms with van der Waals surface area (Å²) in [5.74, 6) is 0. The van der Waals surface area contributed by atoms with Crippen molar-refractivity contribution in [3.8, 4) is 0 Å². The van der Waals surface area contributed by atoms with Crippen LogP contribution in [-0.2, 0) is 4.74 Å². The summed E-state index contributed by atoms with van der Waals surface area (Å²) in [4.78, 5) is 3.77. The van der Waals surface area contributed by atoms with Crippen molar-refractivity contribution < 1.29 is 17.9 Å². The maximum absolute atomic E-state index is 12.4. The van der Waals surface area contributed by atoms with Gasteiger partial charge >= 0.3 is 6.36 Å². The van der Waals surface area contributed by atoms with E-state index in [1.54, 1.807) is 36.5 Å². The highest BCUT2D eigenvalue weighted by Crippen LogP contribution is 2.36. The van der Waals surface area contributed by atoms with Crippen LogP contribution in [0.25, 0.3) is 0 Å². The van der Waals surface area contributed by atoms with Gasteiger partial charge in [-0.3, -0.25) is 8.71 Å². The van der Waals surface area contributed by atoms with Crippen LogP contribution in [0, 0.1) is 0 Å². The topological polar surface area (TPSA) is 49.0 Å². The van der Waals surface area contributed by atoms with E-state index in [9.17, 15) is 13.2 Å². The molecule has 0 amide bonds. The van der Waals surface area contributed by atoms with Gasteiger partial charge in [-0.25, -0.2) is 4.98 Å². The summed E-state index contributed by atoms with van der Waals surface area (Å²) in [5.41, 5.74) is -0.228. The highest BCUT2D eigenvalue weighted by molar-refractivity contribution is 7.97. The Kier molecular flexibility index (Phi) is 5.72. The molecule has 1 unspecified atom stereocenters. The SMILES string of the molecule is CC1(C)CN1.FC(F)(F)OC(Sn1ccnc1)c1ccccc1. The van der Waals surface area contributed by atoms with Gasteiger partial charge in [-0.2, -0.15) is 0 Å². The number of halogens is 3. The molecular formula is C15H18F3N3OS. The predicted octanol–water partition coefficient (Wildman–Crippen LogP) is 3.98. The minimum absolute atomic E-state index is 0.438. The summed E-state index contributed by atoms with van der Waals surface area (Å²) in [5, 5.41) is 3.17. The molecule has 1 saturated heterocycles. The Balaban J connectivity index is 0.000000326. The minimum atomic E-state index is -4.69. The fraction of sp³-hybridized carbons (Fsp3) is 0.400. The van der Waals surface area contributed by atoms with E-state index in [1.807, 2.05) is 0 Å². The van der Waals surface area contributed by atoms with Gasteiger partial charge in [-0.1, -0.05) is 30.3 Å². The van der Waals surface area contributed by atoms with Crippen molar-refractivity contribution in [1.82, 2.24) is 14.3 Å². The molecule has 1 N–H and O–H groups in total. The number of aromatic nitrogens is 2. The van der Waals surface area contributed by atoms with E-state index in [-0.39, 0.29) is 0 Å². The van der Waals surface area contributed by atoms with E-state index in [2.05, 4.69) is 28.9 Å². The van der Waals surface area contributed by atoms with Crippen LogP contribution >= 0.6 is 11.9 Å². The number of alkyl halides is 3. The molecule has 126 valence electrons. The molecule has 1 aromatic heterocycles. The average molecular weight is 345 g/mol. The van der Waals surface area contributed by atoms with Crippen molar-refractivity contribution in [1.29, 1.82) is 0 Å². The normalized spacial score (nSPS) is 17.1. The lowest BCUT2D eigenvalue weighted by molar-refractivity contribution is -0.332. The number of benzene rings is 1. The van der Waals surface area contributed by atoms with Gasteiger partial charge in [0, 0.05) is 24.5 Å². The zero-order valence-corrected chi connectivity index (χ0v) is 13.6. The molecule has 1 fully saturated rings. The first kappa shape index (κ1) is 17.8. The summed E-state index contributed by atoms with van der Waals surface area (Å²) >= 11 is 0.887. The van der Waals surface area contributed by atoms with Gasteiger partial charge in [0.25, 0.3) is 0 Å². The molecule has 23 heavy (non-hydrogen) atoms. The first-order valence-electron chi connectivity index (χ1n) is 6.95. The summed E-state index contributed by atoms with van der Waals surface area (Å²) in [6.45, 7) is 5.58. The Morgan fingerprint density at radius 2 is 1.91 bits per heavy atom. The summed E-state index contributed by atoms with van der Waals surface area (Å²) < 4.78 is 42.7. The summed E-state index contributed by atoms with van der Waals surface area (Å²) in [6.07, 6.45) is -0.225. The van der Waals surface area contributed by atoms with Crippen molar-refractivity contribution in [2.75, 3.05) is 6.54 Å². The molecule has 0 radical (unpaired) electrons. The fourth-order valence-electron chi connectivity index (χ4n) is 1.48. The van der Waals surface area contributed by atoms with Crippen molar-refractivity contribution >= 4 is 11.9 Å². The standard InChI is InChI=1S/C11H9F3N2OS.C4H9N/c12-11(13,14)17-10(9-4-2-1-3-5-9)18-16-7-6-15-8-16;1-4(2)3-5-4/h1-8,10H;5H,3H2,1-2H3. The molecule has 1 aromatic carbocycles. The van der Waals surface area contributed by atoms with Crippen molar-refractivity contribution in [3.05, 3.63) is 54.6 Å². The molecule has 0 aliphatic carbocycles. The summed E-state index contributed by atoms with van der Waals surface area (Å²) in [7, 11) is 0. The second kappa shape index (κ2) is 7.37. The zero-order valence-electron chi connectivity index (χ0n) is 12.7. The fourth-order valence-corrected chi connectivity index (χ4v) is 2.36. The van der Waals surface area contributed by atoms with E-state index in [0.717, 1.165) is 11.9 Å². The second-order valence-corrected chi connectivity index (χ2v) is 6.63. The minimum Gasteiger partial charge on any atom is -0.309 e. The predicted molar refractivity (Wildman–Crippen MR) is 83.6 cm³/mol. The molecular weight excluding hydrogens is 327 g/mol. The monoisotopic (exact) mass is 345 g/mol. The molecule has 4 nitrogen and oxygen atoms in total. The number of hydrogen-bond donors (Lipinski definition) is 1. The van der Waals surface area contributed by atoms with E-state index in [1.165, 1.54) is 23.0 Å². The van der Waals surface area contributed by atoms with Crippen LogP contribution in [0.1, 0.15) is 24.8 Å². The van der Waals surface area contributed by atoms with Gasteiger partial charge in [-0.15, -0.1) is 13.2 Å². The number of nitrogens with zero attached hydrogens (tertiary/aromatic N) is 2. The lowest BCUT2D eigenvalue weighted by Gasteiger charge is -2.19. The molecule has 1 aliphatic heterocycles. The van der Waals surface area contributed by atoms with Crippen LogP contribution < -0.4 is 5.32 Å². The quantitative estimate of drug-likeness (QED) is 0.673. The number of imidazole rings is 1. The second-order valence-electron chi connectivity index (χ2n) is 5.57. The van der Waals surface area contributed by atoms with Crippen LogP contribution in [-0.4, -0.2) is 27.4 Å². The third kappa shape index (κ3) is 7.06. The molecule has 0 spiro atoms. The summed E-state index contributed by atoms with van der Waals surface area (Å²) in [6, 6.07) is 8.23. The van der Waals surface area contributed by atoms with Gasteiger partial charge in [0.15, 0.2) is 5.44 Å². The van der Waals surface area contributed by atoms with Crippen molar-refractivity contribution in [3.63, 3.8) is 0 Å². The Morgan fingerprint density at radius 3 is 2.35 bits per heavy atom. The Bertz CT molecular complexity index is 582. The van der Waals surface area contributed by atoms with Crippen LogP contribution in [0.3, 0.4) is 0 Å². The van der Waals surface area contributed by atoms with Gasteiger partial charge in [0.2, 0.25) is 0 Å². The number of hydrogen-bond acceptors (Lipinski definition) is 4. The number of nitrogens with one attached hydrogen (secondary N) is 1. The Hall–Kier alpha value is -1.51. The van der Waals surface area contributed by atoms with Crippen molar-refractivity contribution in [2.24, 2.45) is 0 Å². The molecule has 2 heterocycles. The van der Waals surface area contributed by atoms with Gasteiger partial charge in [0.1, 0.15) is 6.33 Å². The first-order valence-corrected chi connectivity index (χ1v) is 7.78. The lowest BCUT2D eigenvalue weighted by Crippen LogP contribution is -2.17. The largest absolute Gasteiger partial charge is 0.523 e. The Labute approximate surface area is 137 Å². The molecule has 1 aliphatic rings. The van der Waals surface area contributed by atoms with Gasteiger partial charge < -0.3 is 5.32 Å². The molecule has 2 aromatic rings. The maximum Gasteiger partial charge on any atom is 0.523 e. The third-order valence-corrected chi connectivity index (χ3v) is 3.91. The molecule has 8 heteroatoms. The molecule has 1 atom stereocenters. The smallest absolute Gasteiger partial charge is 0.309 e. The molecule has 0 saturated carbocycles. The van der Waals surface area contributed by atoms with E-state index < -0.39 is 11.8 Å². The number of ether oxygens (including phenoxy) is 1. The molecule has 3 rings (SSSR count). The van der Waals surface area contributed by atoms with E-state index >= 15 is 0 Å². The third-order valence-electron chi connectivity index (χ3n) is 2.89. The van der Waals surface area contributed by atoms with Crippen molar-refractivity contribution in [2.45, 2.75) is 31.2 Å². The maximum atomic E-state index is 12.4. The molecule has 0 bridgehead atoms.